The molecule has 0 atom stereocenters. The lowest BCUT2D eigenvalue weighted by molar-refractivity contribution is -0.138. The molecule has 1 heterocycles. The summed E-state index contributed by atoms with van der Waals surface area (Å²) in [5.74, 6) is -0.620. The van der Waals surface area contributed by atoms with Crippen LogP contribution >= 0.6 is 27.5 Å². The number of nitrogens with zero attached hydrogens (tertiary/aromatic N) is 1. The number of rotatable bonds is 3. The molecule has 5 nitrogen and oxygen atoms in total. The minimum absolute atomic E-state index is 0.157. The number of nitrogens with one attached hydrogen (secondary N) is 1. The number of likely N-dealkylation sites (tertiary alicyclic amines) is 1. The Morgan fingerprint density at radius 1 is 1.38 bits per heavy atom. The van der Waals surface area contributed by atoms with Crippen molar-refractivity contribution in [2.75, 3.05) is 18.4 Å². The molecule has 2 rings (SSSR count). The Hall–Kier alpha value is -1.27. The highest BCUT2D eigenvalue weighted by Gasteiger charge is 2.24. The van der Waals surface area contributed by atoms with Gasteiger partial charge in [-0.05, 0) is 52.9 Å². The van der Waals surface area contributed by atoms with Gasteiger partial charge in [0.05, 0.1) is 5.69 Å². The van der Waals surface area contributed by atoms with Crippen molar-refractivity contribution < 1.29 is 14.7 Å². The Morgan fingerprint density at radius 3 is 2.67 bits per heavy atom. The minimum Gasteiger partial charge on any atom is -0.481 e. The van der Waals surface area contributed by atoms with E-state index in [0.29, 0.717) is 23.8 Å². The molecule has 1 saturated heterocycles. The van der Waals surface area contributed by atoms with Crippen LogP contribution in [0.25, 0.3) is 0 Å². The SMILES string of the molecule is O=C(O)CC1CCN(C(=O)Nc2cc(Cl)ccc2Br)CC1. The monoisotopic (exact) mass is 374 g/mol. The smallest absolute Gasteiger partial charge is 0.321 e. The molecular formula is C14H16BrClN2O3. The molecule has 1 aliphatic heterocycles. The fraction of sp³-hybridized carbons (Fsp3) is 0.429. The number of piperidine rings is 1. The predicted octanol–water partition coefficient (Wildman–Crippen LogP) is 3.82. The number of carboxylic acid groups (broad SMARTS) is 1. The van der Waals surface area contributed by atoms with E-state index < -0.39 is 5.97 Å². The van der Waals surface area contributed by atoms with Crippen LogP contribution in [0.2, 0.25) is 5.02 Å². The summed E-state index contributed by atoms with van der Waals surface area (Å²) in [7, 11) is 0. The lowest BCUT2D eigenvalue weighted by atomic mass is 9.94. The zero-order valence-corrected chi connectivity index (χ0v) is 13.7. The summed E-state index contributed by atoms with van der Waals surface area (Å²) >= 11 is 9.27. The second-order valence-electron chi connectivity index (χ2n) is 5.08. The Kier molecular flexibility index (Phi) is 5.47. The first kappa shape index (κ1) is 16.1. The summed E-state index contributed by atoms with van der Waals surface area (Å²) in [6.07, 6.45) is 1.61. The number of hydrogen-bond donors (Lipinski definition) is 2. The van der Waals surface area contributed by atoms with Crippen molar-refractivity contribution in [2.45, 2.75) is 19.3 Å². The highest BCUT2D eigenvalue weighted by Crippen LogP contribution is 2.27. The molecule has 2 amide bonds. The van der Waals surface area contributed by atoms with Crippen LogP contribution in [0.3, 0.4) is 0 Å². The number of urea groups is 1. The second kappa shape index (κ2) is 7.13. The molecule has 0 radical (unpaired) electrons. The summed E-state index contributed by atoms with van der Waals surface area (Å²) in [5.41, 5.74) is 0.625. The fourth-order valence-corrected chi connectivity index (χ4v) is 2.89. The number of halogens is 2. The van der Waals surface area contributed by atoms with Gasteiger partial charge in [0.2, 0.25) is 0 Å². The number of hydrogen-bond acceptors (Lipinski definition) is 2. The topological polar surface area (TPSA) is 69.6 Å². The van der Waals surface area contributed by atoms with Crippen molar-refractivity contribution in [2.24, 2.45) is 5.92 Å². The van der Waals surface area contributed by atoms with Gasteiger partial charge in [-0.3, -0.25) is 4.79 Å². The van der Waals surface area contributed by atoms with Crippen molar-refractivity contribution in [1.29, 1.82) is 0 Å². The number of carbonyl (C=O) groups excluding carboxylic acids is 1. The van der Waals surface area contributed by atoms with E-state index in [0.717, 1.165) is 17.3 Å². The zero-order valence-electron chi connectivity index (χ0n) is 11.3. The van der Waals surface area contributed by atoms with E-state index in [9.17, 15) is 9.59 Å². The number of amides is 2. The van der Waals surface area contributed by atoms with Crippen LogP contribution in [0.15, 0.2) is 22.7 Å². The Morgan fingerprint density at radius 2 is 2.05 bits per heavy atom. The molecule has 21 heavy (non-hydrogen) atoms. The van der Waals surface area contributed by atoms with E-state index in [1.807, 2.05) is 0 Å². The Labute approximate surface area is 136 Å². The van der Waals surface area contributed by atoms with E-state index in [1.165, 1.54) is 0 Å². The van der Waals surface area contributed by atoms with Crippen LogP contribution in [0, 0.1) is 5.92 Å². The maximum Gasteiger partial charge on any atom is 0.321 e. The minimum atomic E-state index is -0.777. The molecule has 0 bridgehead atoms. The van der Waals surface area contributed by atoms with Gasteiger partial charge in [-0.2, -0.15) is 0 Å². The fourth-order valence-electron chi connectivity index (χ4n) is 2.37. The average Bonchev–Trinajstić information content (AvgIpc) is 2.43. The third-order valence-electron chi connectivity index (χ3n) is 3.54. The van der Waals surface area contributed by atoms with Gasteiger partial charge in [0.1, 0.15) is 0 Å². The van der Waals surface area contributed by atoms with Crippen molar-refractivity contribution in [3.05, 3.63) is 27.7 Å². The molecule has 1 aromatic carbocycles. The largest absolute Gasteiger partial charge is 0.481 e. The molecule has 114 valence electrons. The number of benzene rings is 1. The molecule has 7 heteroatoms. The lowest BCUT2D eigenvalue weighted by Crippen LogP contribution is -2.41. The molecule has 0 aromatic heterocycles. The van der Waals surface area contributed by atoms with E-state index in [1.54, 1.807) is 23.1 Å². The standard InChI is InChI=1S/C14H16BrClN2O3/c15-11-2-1-10(16)8-12(11)17-14(21)18-5-3-9(4-6-18)7-13(19)20/h1-2,8-9H,3-7H2,(H,17,21)(H,19,20). The first-order valence-electron chi connectivity index (χ1n) is 6.68. The number of aliphatic carboxylic acids is 1. The van der Waals surface area contributed by atoms with Gasteiger partial charge in [0.15, 0.2) is 0 Å². The molecule has 2 N–H and O–H groups in total. The molecule has 0 saturated carbocycles. The highest BCUT2D eigenvalue weighted by molar-refractivity contribution is 9.10. The van der Waals surface area contributed by atoms with E-state index in [2.05, 4.69) is 21.2 Å². The summed E-state index contributed by atoms with van der Waals surface area (Å²) in [4.78, 5) is 24.6. The molecule has 1 aromatic rings. The summed E-state index contributed by atoms with van der Waals surface area (Å²) in [6.45, 7) is 1.14. The van der Waals surface area contributed by atoms with Gasteiger partial charge in [-0.25, -0.2) is 4.79 Å². The van der Waals surface area contributed by atoms with Gasteiger partial charge in [-0.1, -0.05) is 11.6 Å². The maximum atomic E-state index is 12.2. The van der Waals surface area contributed by atoms with E-state index in [-0.39, 0.29) is 18.4 Å². The van der Waals surface area contributed by atoms with Gasteiger partial charge in [0.25, 0.3) is 0 Å². The van der Waals surface area contributed by atoms with Crippen molar-refractivity contribution in [3.63, 3.8) is 0 Å². The van der Waals surface area contributed by atoms with Gasteiger partial charge in [0, 0.05) is 29.0 Å². The molecule has 1 fully saturated rings. The summed E-state index contributed by atoms with van der Waals surface area (Å²) in [6, 6.07) is 5.00. The molecule has 1 aliphatic rings. The van der Waals surface area contributed by atoms with Crippen LogP contribution in [-0.4, -0.2) is 35.1 Å². The van der Waals surface area contributed by atoms with E-state index >= 15 is 0 Å². The van der Waals surface area contributed by atoms with Crippen LogP contribution in [0.1, 0.15) is 19.3 Å². The number of carboxylic acids is 1. The predicted molar refractivity (Wildman–Crippen MR) is 84.7 cm³/mol. The van der Waals surface area contributed by atoms with Crippen molar-refractivity contribution in [3.8, 4) is 0 Å². The van der Waals surface area contributed by atoms with Gasteiger partial charge in [-0.15, -0.1) is 0 Å². The molecule has 0 unspecified atom stereocenters. The summed E-state index contributed by atoms with van der Waals surface area (Å²) < 4.78 is 0.765. The quantitative estimate of drug-likeness (QED) is 0.844. The lowest BCUT2D eigenvalue weighted by Gasteiger charge is -2.31. The van der Waals surface area contributed by atoms with Crippen LogP contribution in [0.4, 0.5) is 10.5 Å². The first-order chi connectivity index (χ1) is 9.95. The average molecular weight is 376 g/mol. The first-order valence-corrected chi connectivity index (χ1v) is 7.85. The third kappa shape index (κ3) is 4.61. The molecular weight excluding hydrogens is 360 g/mol. The zero-order chi connectivity index (χ0) is 15.4. The van der Waals surface area contributed by atoms with Crippen LogP contribution in [0.5, 0.6) is 0 Å². The Bertz CT molecular complexity index is 545. The molecule has 0 aliphatic carbocycles. The third-order valence-corrected chi connectivity index (χ3v) is 4.46. The van der Waals surface area contributed by atoms with Crippen molar-refractivity contribution >= 4 is 45.2 Å². The Balaban J connectivity index is 1.90. The van der Waals surface area contributed by atoms with Crippen LogP contribution in [-0.2, 0) is 4.79 Å². The maximum absolute atomic E-state index is 12.2. The van der Waals surface area contributed by atoms with Gasteiger partial charge < -0.3 is 15.3 Å². The van der Waals surface area contributed by atoms with Gasteiger partial charge >= 0.3 is 12.0 Å². The molecule has 0 spiro atoms. The number of carbonyl (C=O) groups is 2. The van der Waals surface area contributed by atoms with Crippen molar-refractivity contribution in [1.82, 2.24) is 4.90 Å². The normalized spacial score (nSPS) is 15.8. The van der Waals surface area contributed by atoms with Crippen LogP contribution < -0.4 is 5.32 Å². The number of anilines is 1. The second-order valence-corrected chi connectivity index (χ2v) is 6.37. The summed E-state index contributed by atoms with van der Waals surface area (Å²) in [5, 5.41) is 12.1. The highest BCUT2D eigenvalue weighted by atomic mass is 79.9. The van der Waals surface area contributed by atoms with E-state index in [4.69, 9.17) is 16.7 Å².